The van der Waals surface area contributed by atoms with E-state index in [0.29, 0.717) is 12.2 Å². The van der Waals surface area contributed by atoms with Gasteiger partial charge < -0.3 is 15.5 Å². The van der Waals surface area contributed by atoms with Gasteiger partial charge in [0.25, 0.3) is 0 Å². The summed E-state index contributed by atoms with van der Waals surface area (Å²) in [5.74, 6) is -0.474. The summed E-state index contributed by atoms with van der Waals surface area (Å²) in [6, 6.07) is 14.4. The first-order valence-corrected chi connectivity index (χ1v) is 9.90. The molecule has 2 aromatic carbocycles. The lowest BCUT2D eigenvalue weighted by Gasteiger charge is -2.22. The van der Waals surface area contributed by atoms with Crippen molar-refractivity contribution >= 4 is 29.1 Å². The van der Waals surface area contributed by atoms with Crippen LogP contribution >= 0.6 is 0 Å². The Hall–Kier alpha value is -3.15. The molecule has 1 heterocycles. The third-order valence-electron chi connectivity index (χ3n) is 5.10. The lowest BCUT2D eigenvalue weighted by atomic mass is 10.0. The van der Waals surface area contributed by atoms with Gasteiger partial charge in [0.05, 0.1) is 6.42 Å². The predicted molar refractivity (Wildman–Crippen MR) is 114 cm³/mol. The van der Waals surface area contributed by atoms with Crippen molar-refractivity contribution in [1.29, 1.82) is 0 Å². The van der Waals surface area contributed by atoms with Crippen molar-refractivity contribution in [2.24, 2.45) is 5.92 Å². The minimum absolute atomic E-state index is 0.0153. The minimum atomic E-state index is -0.631. The zero-order valence-electron chi connectivity index (χ0n) is 17.1. The zero-order chi connectivity index (χ0) is 21.0. The highest BCUT2D eigenvalue weighted by Crippen LogP contribution is 2.30. The first-order valence-electron chi connectivity index (χ1n) is 9.90. The van der Waals surface area contributed by atoms with Crippen molar-refractivity contribution in [3.8, 4) is 0 Å². The average molecular weight is 393 g/mol. The highest BCUT2D eigenvalue weighted by atomic mass is 16.2. The molecular formula is C23H27N3O3. The second-order valence-corrected chi connectivity index (χ2v) is 7.70. The van der Waals surface area contributed by atoms with Gasteiger partial charge in [-0.05, 0) is 41.7 Å². The SMILES string of the molecule is CC(=O)N1CCc2cc(NC(=O)C(NC(=O)Cc3ccccc3)C(C)C)ccc21. The maximum Gasteiger partial charge on any atom is 0.247 e. The molecule has 29 heavy (non-hydrogen) atoms. The highest BCUT2D eigenvalue weighted by Gasteiger charge is 2.26. The van der Waals surface area contributed by atoms with Crippen LogP contribution in [0.3, 0.4) is 0 Å². The molecule has 152 valence electrons. The normalized spacial score (nSPS) is 13.7. The Kier molecular flexibility index (Phi) is 6.32. The average Bonchev–Trinajstić information content (AvgIpc) is 3.10. The molecule has 3 rings (SSSR count). The molecule has 0 radical (unpaired) electrons. The Balaban J connectivity index is 1.66. The molecule has 1 atom stereocenters. The van der Waals surface area contributed by atoms with Crippen molar-refractivity contribution in [3.05, 3.63) is 59.7 Å². The molecule has 6 heteroatoms. The van der Waals surface area contributed by atoms with Crippen molar-refractivity contribution < 1.29 is 14.4 Å². The van der Waals surface area contributed by atoms with Crippen molar-refractivity contribution in [1.82, 2.24) is 5.32 Å². The number of carbonyl (C=O) groups excluding carboxylic acids is 3. The van der Waals surface area contributed by atoms with Gasteiger partial charge in [-0.25, -0.2) is 0 Å². The van der Waals surface area contributed by atoms with E-state index in [9.17, 15) is 14.4 Å². The van der Waals surface area contributed by atoms with E-state index >= 15 is 0 Å². The first kappa shape index (κ1) is 20.6. The van der Waals surface area contributed by atoms with E-state index in [1.54, 1.807) is 17.9 Å². The van der Waals surface area contributed by atoms with Crippen LogP contribution in [0.4, 0.5) is 11.4 Å². The highest BCUT2D eigenvalue weighted by molar-refractivity contribution is 5.99. The third-order valence-corrected chi connectivity index (χ3v) is 5.10. The lowest BCUT2D eigenvalue weighted by Crippen LogP contribution is -2.47. The van der Waals surface area contributed by atoms with Crippen LogP contribution in [0.15, 0.2) is 48.5 Å². The number of hydrogen-bond donors (Lipinski definition) is 2. The molecule has 0 bridgehead atoms. The monoisotopic (exact) mass is 393 g/mol. The van der Waals surface area contributed by atoms with E-state index in [-0.39, 0.29) is 30.1 Å². The molecule has 3 amide bonds. The summed E-state index contributed by atoms with van der Waals surface area (Å²) in [5.41, 5.74) is 3.50. The van der Waals surface area contributed by atoms with Crippen LogP contribution in [0.25, 0.3) is 0 Å². The van der Waals surface area contributed by atoms with Crippen molar-refractivity contribution in [3.63, 3.8) is 0 Å². The minimum Gasteiger partial charge on any atom is -0.344 e. The fraction of sp³-hybridized carbons (Fsp3) is 0.348. The zero-order valence-corrected chi connectivity index (χ0v) is 17.1. The Morgan fingerprint density at radius 3 is 2.45 bits per heavy atom. The van der Waals surface area contributed by atoms with Gasteiger partial charge in [0.2, 0.25) is 17.7 Å². The van der Waals surface area contributed by atoms with Crippen LogP contribution in [0.1, 0.15) is 31.9 Å². The number of benzene rings is 2. The largest absolute Gasteiger partial charge is 0.344 e. The molecule has 1 aliphatic heterocycles. The maximum atomic E-state index is 12.8. The molecule has 0 aromatic heterocycles. The third kappa shape index (κ3) is 5.02. The van der Waals surface area contributed by atoms with Crippen LogP contribution < -0.4 is 15.5 Å². The summed E-state index contributed by atoms with van der Waals surface area (Å²) in [4.78, 5) is 38.7. The van der Waals surface area contributed by atoms with Crippen molar-refractivity contribution in [2.45, 2.75) is 39.7 Å². The summed E-state index contributed by atoms with van der Waals surface area (Å²) in [5, 5.41) is 5.76. The van der Waals surface area contributed by atoms with Crippen LogP contribution in [0.2, 0.25) is 0 Å². The Bertz CT molecular complexity index is 909. The van der Waals surface area contributed by atoms with Gasteiger partial charge in [-0.3, -0.25) is 14.4 Å². The summed E-state index contributed by atoms with van der Waals surface area (Å²) in [6.07, 6.45) is 0.997. The molecule has 0 aliphatic carbocycles. The molecule has 0 saturated carbocycles. The molecule has 2 aromatic rings. The van der Waals surface area contributed by atoms with E-state index in [4.69, 9.17) is 0 Å². The van der Waals surface area contributed by atoms with Crippen LogP contribution in [0.5, 0.6) is 0 Å². The number of nitrogens with one attached hydrogen (secondary N) is 2. The van der Waals surface area contributed by atoms with Crippen LogP contribution in [0, 0.1) is 5.92 Å². The summed E-state index contributed by atoms with van der Waals surface area (Å²) >= 11 is 0. The maximum absolute atomic E-state index is 12.8. The lowest BCUT2D eigenvalue weighted by molar-refractivity contribution is -0.127. The Morgan fingerprint density at radius 2 is 1.79 bits per heavy atom. The molecule has 1 unspecified atom stereocenters. The number of anilines is 2. The van der Waals surface area contributed by atoms with Gasteiger partial charge in [-0.15, -0.1) is 0 Å². The van der Waals surface area contributed by atoms with Gasteiger partial charge in [-0.1, -0.05) is 44.2 Å². The number of rotatable bonds is 6. The van der Waals surface area contributed by atoms with E-state index in [2.05, 4.69) is 10.6 Å². The fourth-order valence-corrected chi connectivity index (χ4v) is 3.57. The molecule has 2 N–H and O–H groups in total. The number of amides is 3. The van der Waals surface area contributed by atoms with Gasteiger partial charge in [0.1, 0.15) is 6.04 Å². The molecule has 1 aliphatic rings. The smallest absolute Gasteiger partial charge is 0.247 e. The Labute approximate surface area is 171 Å². The molecular weight excluding hydrogens is 366 g/mol. The van der Waals surface area contributed by atoms with Crippen molar-refractivity contribution in [2.75, 3.05) is 16.8 Å². The fourth-order valence-electron chi connectivity index (χ4n) is 3.57. The Morgan fingerprint density at radius 1 is 1.07 bits per heavy atom. The quantitative estimate of drug-likeness (QED) is 0.792. The number of fused-ring (bicyclic) bond motifs is 1. The number of hydrogen-bond acceptors (Lipinski definition) is 3. The first-order chi connectivity index (χ1) is 13.8. The summed E-state index contributed by atoms with van der Waals surface area (Å²) in [6.45, 7) is 6.02. The van der Waals surface area contributed by atoms with E-state index in [0.717, 1.165) is 23.2 Å². The standard InChI is InChI=1S/C23H27N3O3/c1-15(2)22(25-21(28)13-17-7-5-4-6-8-17)23(29)24-19-9-10-20-18(14-19)11-12-26(20)16(3)27/h4-10,14-15,22H,11-13H2,1-3H3,(H,24,29)(H,25,28). The van der Waals surface area contributed by atoms with Crippen LogP contribution in [-0.2, 0) is 27.2 Å². The van der Waals surface area contributed by atoms with Gasteiger partial charge in [0, 0.05) is 24.8 Å². The molecule has 0 saturated heterocycles. The molecule has 0 fully saturated rings. The topological polar surface area (TPSA) is 78.5 Å². The van der Waals surface area contributed by atoms with Gasteiger partial charge in [0.15, 0.2) is 0 Å². The van der Waals surface area contributed by atoms with E-state index in [1.807, 2.05) is 56.3 Å². The number of carbonyl (C=O) groups is 3. The molecule has 0 spiro atoms. The van der Waals surface area contributed by atoms with Gasteiger partial charge >= 0.3 is 0 Å². The molecule has 6 nitrogen and oxygen atoms in total. The second-order valence-electron chi connectivity index (χ2n) is 7.70. The summed E-state index contributed by atoms with van der Waals surface area (Å²) in [7, 11) is 0. The summed E-state index contributed by atoms with van der Waals surface area (Å²) < 4.78 is 0. The number of nitrogens with zero attached hydrogens (tertiary/aromatic N) is 1. The van der Waals surface area contributed by atoms with E-state index < -0.39 is 6.04 Å². The van der Waals surface area contributed by atoms with Crippen LogP contribution in [-0.4, -0.2) is 30.3 Å². The second kappa shape index (κ2) is 8.90. The van der Waals surface area contributed by atoms with E-state index in [1.165, 1.54) is 0 Å². The van der Waals surface area contributed by atoms with Gasteiger partial charge in [-0.2, -0.15) is 0 Å². The predicted octanol–water partition coefficient (Wildman–Crippen LogP) is 2.92.